The molecule has 0 aliphatic heterocycles. The number of carbonyl (C=O) groups excluding carboxylic acids is 1. The van der Waals surface area contributed by atoms with Crippen molar-refractivity contribution in [3.63, 3.8) is 0 Å². The maximum absolute atomic E-state index is 11.7. The normalized spacial score (nSPS) is 10.2. The largest absolute Gasteiger partial charge is 0.364 e. The predicted molar refractivity (Wildman–Crippen MR) is 76.4 cm³/mol. The van der Waals surface area contributed by atoms with Crippen LogP contribution in [0, 0.1) is 0 Å². The summed E-state index contributed by atoms with van der Waals surface area (Å²) in [4.78, 5) is 20.4. The zero-order chi connectivity index (χ0) is 13.7. The van der Waals surface area contributed by atoms with Crippen LogP contribution in [0.5, 0.6) is 0 Å². The third-order valence-corrected chi connectivity index (χ3v) is 3.66. The maximum atomic E-state index is 11.7. The third-order valence-electron chi connectivity index (χ3n) is 2.62. The smallest absolute Gasteiger partial charge is 0.254 e. The number of thiazole rings is 1. The van der Waals surface area contributed by atoms with Gasteiger partial charge < -0.3 is 10.6 Å². The van der Waals surface area contributed by atoms with E-state index in [-0.39, 0.29) is 5.91 Å². The van der Waals surface area contributed by atoms with Gasteiger partial charge in [-0.05, 0) is 18.6 Å². The lowest BCUT2D eigenvalue weighted by Crippen LogP contribution is -2.20. The minimum atomic E-state index is -0.150. The molecule has 1 amide bonds. The van der Waals surface area contributed by atoms with Gasteiger partial charge >= 0.3 is 0 Å². The van der Waals surface area contributed by atoms with Gasteiger partial charge in [-0.25, -0.2) is 9.97 Å². The van der Waals surface area contributed by atoms with Crippen LogP contribution in [0.3, 0.4) is 0 Å². The van der Waals surface area contributed by atoms with Crippen LogP contribution in [0.2, 0.25) is 0 Å². The number of amides is 1. The molecule has 2 aromatic heterocycles. The number of carbonyl (C=O) groups is 1. The van der Waals surface area contributed by atoms with Crippen molar-refractivity contribution in [2.75, 3.05) is 12.4 Å². The van der Waals surface area contributed by atoms with Crippen LogP contribution in [-0.2, 0) is 13.0 Å². The lowest BCUT2D eigenvalue weighted by Gasteiger charge is -2.08. The second-order valence-corrected chi connectivity index (χ2v) is 4.86. The summed E-state index contributed by atoms with van der Waals surface area (Å²) in [7, 11) is 1.60. The number of aryl methyl sites for hydroxylation is 1. The number of anilines is 1. The van der Waals surface area contributed by atoms with Crippen LogP contribution < -0.4 is 10.6 Å². The number of rotatable bonds is 5. The van der Waals surface area contributed by atoms with Crippen LogP contribution in [0.25, 0.3) is 0 Å². The highest BCUT2D eigenvalue weighted by Gasteiger charge is 2.10. The quantitative estimate of drug-likeness (QED) is 0.877. The molecule has 0 spiro atoms. The third kappa shape index (κ3) is 3.29. The fourth-order valence-corrected chi connectivity index (χ4v) is 2.38. The molecule has 2 rings (SSSR count). The zero-order valence-corrected chi connectivity index (χ0v) is 11.8. The molecule has 0 fully saturated rings. The minimum Gasteiger partial charge on any atom is -0.364 e. The predicted octanol–water partition coefficient (Wildman–Crippen LogP) is 2.07. The molecule has 6 heteroatoms. The Balaban J connectivity index is 2.08. The summed E-state index contributed by atoms with van der Waals surface area (Å²) in [5, 5.41) is 8.89. The van der Waals surface area contributed by atoms with Crippen molar-refractivity contribution in [1.29, 1.82) is 0 Å². The highest BCUT2D eigenvalue weighted by Crippen LogP contribution is 2.14. The first kappa shape index (κ1) is 13.5. The van der Waals surface area contributed by atoms with Gasteiger partial charge in [-0.15, -0.1) is 11.3 Å². The Morgan fingerprint density at radius 3 is 3.00 bits per heavy atom. The van der Waals surface area contributed by atoms with Crippen molar-refractivity contribution in [3.8, 4) is 0 Å². The van der Waals surface area contributed by atoms with E-state index in [9.17, 15) is 4.79 Å². The fraction of sp³-hybridized carbons (Fsp3) is 0.308. The summed E-state index contributed by atoms with van der Waals surface area (Å²) < 4.78 is 0. The number of nitrogens with one attached hydrogen (secondary N) is 2. The number of pyridine rings is 1. The van der Waals surface area contributed by atoms with Gasteiger partial charge in [-0.2, -0.15) is 0 Å². The molecule has 5 nitrogen and oxygen atoms in total. The monoisotopic (exact) mass is 276 g/mol. The molecule has 0 saturated heterocycles. The van der Waals surface area contributed by atoms with E-state index < -0.39 is 0 Å². The Labute approximate surface area is 116 Å². The molecule has 19 heavy (non-hydrogen) atoms. The first-order valence-corrected chi connectivity index (χ1v) is 6.96. The Hall–Kier alpha value is -1.95. The molecule has 0 radical (unpaired) electrons. The highest BCUT2D eigenvalue weighted by molar-refractivity contribution is 7.09. The van der Waals surface area contributed by atoms with E-state index in [2.05, 4.69) is 27.5 Å². The first-order valence-electron chi connectivity index (χ1n) is 6.08. The van der Waals surface area contributed by atoms with Crippen molar-refractivity contribution in [1.82, 2.24) is 15.3 Å². The van der Waals surface area contributed by atoms with Gasteiger partial charge in [0.2, 0.25) is 0 Å². The van der Waals surface area contributed by atoms with E-state index >= 15 is 0 Å². The average molecular weight is 276 g/mol. The molecule has 0 atom stereocenters. The molecule has 0 aromatic carbocycles. The lowest BCUT2D eigenvalue weighted by molar-refractivity contribution is 0.0963. The topological polar surface area (TPSA) is 66.9 Å². The van der Waals surface area contributed by atoms with Gasteiger partial charge in [0.25, 0.3) is 5.91 Å². The number of hydrogen-bond donors (Lipinski definition) is 2. The molecule has 0 bridgehead atoms. The van der Waals surface area contributed by atoms with Gasteiger partial charge in [0.15, 0.2) is 0 Å². The summed E-state index contributed by atoms with van der Waals surface area (Å²) in [6.07, 6.45) is 2.60. The molecule has 2 aromatic rings. The van der Waals surface area contributed by atoms with Crippen LogP contribution >= 0.6 is 11.3 Å². The first-order chi connectivity index (χ1) is 9.24. The van der Waals surface area contributed by atoms with Crippen molar-refractivity contribution < 1.29 is 4.79 Å². The summed E-state index contributed by atoms with van der Waals surface area (Å²) in [6.45, 7) is 2.65. The minimum absolute atomic E-state index is 0.150. The van der Waals surface area contributed by atoms with Crippen LogP contribution in [-0.4, -0.2) is 22.9 Å². The average Bonchev–Trinajstić information content (AvgIpc) is 2.92. The Bertz CT molecular complexity index is 567. The van der Waals surface area contributed by atoms with Gasteiger partial charge in [-0.1, -0.05) is 6.92 Å². The molecule has 2 N–H and O–H groups in total. The summed E-state index contributed by atoms with van der Waals surface area (Å²) in [6, 6.07) is 3.49. The lowest BCUT2D eigenvalue weighted by atomic mass is 10.2. The van der Waals surface area contributed by atoms with Crippen LogP contribution in [0.15, 0.2) is 23.7 Å². The van der Waals surface area contributed by atoms with E-state index in [0.29, 0.717) is 17.9 Å². The number of nitrogens with zero attached hydrogens (tertiary/aromatic N) is 2. The second-order valence-electron chi connectivity index (χ2n) is 3.92. The Morgan fingerprint density at radius 1 is 1.47 bits per heavy atom. The van der Waals surface area contributed by atoms with E-state index in [0.717, 1.165) is 17.1 Å². The molecule has 100 valence electrons. The van der Waals surface area contributed by atoms with E-state index in [1.807, 2.05) is 5.38 Å². The van der Waals surface area contributed by atoms with Gasteiger partial charge in [0, 0.05) is 18.6 Å². The zero-order valence-electron chi connectivity index (χ0n) is 10.9. The fourth-order valence-electron chi connectivity index (χ4n) is 1.63. The highest BCUT2D eigenvalue weighted by atomic mass is 32.1. The molecule has 0 unspecified atom stereocenters. The molecule has 2 heterocycles. The van der Waals surface area contributed by atoms with Crippen molar-refractivity contribution in [2.24, 2.45) is 0 Å². The van der Waals surface area contributed by atoms with Crippen molar-refractivity contribution >= 4 is 23.1 Å². The molecular formula is C13H16N4OS. The second kappa shape index (κ2) is 6.29. The number of hydrogen-bond acceptors (Lipinski definition) is 5. The molecule has 0 aliphatic carbocycles. The van der Waals surface area contributed by atoms with Crippen LogP contribution in [0.1, 0.15) is 28.0 Å². The molecular weight excluding hydrogens is 260 g/mol. The van der Waals surface area contributed by atoms with E-state index in [1.54, 1.807) is 36.7 Å². The van der Waals surface area contributed by atoms with E-state index in [4.69, 9.17) is 0 Å². The molecule has 0 saturated carbocycles. The van der Waals surface area contributed by atoms with Crippen LogP contribution in [0.4, 0.5) is 5.82 Å². The van der Waals surface area contributed by atoms with Gasteiger partial charge in [0.05, 0.1) is 22.8 Å². The summed E-state index contributed by atoms with van der Waals surface area (Å²) >= 11 is 1.65. The molecule has 0 aliphatic rings. The van der Waals surface area contributed by atoms with Crippen molar-refractivity contribution in [2.45, 2.75) is 19.9 Å². The Morgan fingerprint density at radius 2 is 2.32 bits per heavy atom. The summed E-state index contributed by atoms with van der Waals surface area (Å²) in [5.74, 6) is 0.427. The Kier molecular flexibility index (Phi) is 4.46. The van der Waals surface area contributed by atoms with Crippen molar-refractivity contribution in [3.05, 3.63) is 40.0 Å². The number of aromatic nitrogens is 2. The standard InChI is InChI=1S/C13H16N4OS/c1-3-11-17-9(8-19-11)7-16-12-10(13(18)14-2)5-4-6-15-12/h4-6,8H,3,7H2,1-2H3,(H,14,18)(H,15,16). The SMILES string of the molecule is CCc1nc(CNc2ncccc2C(=O)NC)cs1. The van der Waals surface area contributed by atoms with E-state index in [1.165, 1.54) is 0 Å². The van der Waals surface area contributed by atoms with Gasteiger partial charge in [-0.3, -0.25) is 4.79 Å². The van der Waals surface area contributed by atoms with Gasteiger partial charge in [0.1, 0.15) is 5.82 Å². The summed E-state index contributed by atoms with van der Waals surface area (Å²) in [5.41, 5.74) is 1.51. The maximum Gasteiger partial charge on any atom is 0.254 e.